The molecule has 0 aliphatic heterocycles. The summed E-state index contributed by atoms with van der Waals surface area (Å²) in [6, 6.07) is 1.51. The molecule has 2 rings (SSSR count). The van der Waals surface area contributed by atoms with Gasteiger partial charge in [0.2, 0.25) is 0 Å². The highest BCUT2D eigenvalue weighted by Crippen LogP contribution is 2.37. The van der Waals surface area contributed by atoms with Crippen molar-refractivity contribution in [2.24, 2.45) is 5.92 Å². The lowest BCUT2D eigenvalue weighted by molar-refractivity contribution is 0.255. The van der Waals surface area contributed by atoms with Crippen LogP contribution >= 0.6 is 0 Å². The fourth-order valence-electron chi connectivity index (χ4n) is 2.31. The Balaban J connectivity index is 1.95. The molecule has 19 heavy (non-hydrogen) atoms. The van der Waals surface area contributed by atoms with Gasteiger partial charge in [0.1, 0.15) is 11.6 Å². The first kappa shape index (κ1) is 14.1. The van der Waals surface area contributed by atoms with Gasteiger partial charge >= 0.3 is 0 Å². The van der Waals surface area contributed by atoms with Crippen LogP contribution in [0, 0.1) is 5.92 Å². The lowest BCUT2D eigenvalue weighted by Gasteiger charge is -2.16. The van der Waals surface area contributed by atoms with E-state index in [0.29, 0.717) is 17.7 Å². The highest BCUT2D eigenvalue weighted by Gasteiger charge is 2.26. The monoisotopic (exact) mass is 265 g/mol. The molecule has 1 aromatic heterocycles. The highest BCUT2D eigenvalue weighted by atomic mass is 16.3. The van der Waals surface area contributed by atoms with Crippen LogP contribution in [-0.2, 0) is 0 Å². The molecule has 1 fully saturated rings. The molecule has 1 aliphatic rings. The molecule has 0 saturated heterocycles. The van der Waals surface area contributed by atoms with Gasteiger partial charge in [-0.25, -0.2) is 4.98 Å². The molecule has 5 heteroatoms. The molecule has 1 atom stereocenters. The number of nitrogens with zero attached hydrogens (tertiary/aromatic N) is 1. The summed E-state index contributed by atoms with van der Waals surface area (Å²) in [7, 11) is 0. The van der Waals surface area contributed by atoms with E-state index in [4.69, 9.17) is 5.11 Å². The van der Waals surface area contributed by atoms with Crippen molar-refractivity contribution in [3.63, 3.8) is 0 Å². The number of aromatic amines is 1. The number of hydrogen-bond acceptors (Lipinski definition) is 4. The van der Waals surface area contributed by atoms with Gasteiger partial charge in [-0.3, -0.25) is 4.79 Å². The second kappa shape index (κ2) is 6.70. The van der Waals surface area contributed by atoms with Gasteiger partial charge in [0.05, 0.1) is 0 Å². The van der Waals surface area contributed by atoms with Gasteiger partial charge in [-0.05, 0) is 31.6 Å². The zero-order valence-corrected chi connectivity index (χ0v) is 11.5. The molecule has 1 aromatic rings. The average Bonchev–Trinajstić information content (AvgIpc) is 3.20. The Morgan fingerprint density at radius 3 is 2.95 bits per heavy atom. The topological polar surface area (TPSA) is 78.0 Å². The third-order valence-electron chi connectivity index (χ3n) is 3.53. The Morgan fingerprint density at radius 2 is 2.32 bits per heavy atom. The molecule has 0 spiro atoms. The van der Waals surface area contributed by atoms with Gasteiger partial charge in [0, 0.05) is 25.1 Å². The Hall–Kier alpha value is -1.36. The molecular formula is C14H23N3O2. The van der Waals surface area contributed by atoms with E-state index in [-0.39, 0.29) is 12.2 Å². The largest absolute Gasteiger partial charge is 0.396 e. The predicted molar refractivity (Wildman–Crippen MR) is 75.4 cm³/mol. The van der Waals surface area contributed by atoms with E-state index in [1.165, 1.54) is 6.07 Å². The minimum atomic E-state index is -0.0893. The van der Waals surface area contributed by atoms with Gasteiger partial charge in [-0.2, -0.15) is 0 Å². The smallest absolute Gasteiger partial charge is 0.252 e. The third-order valence-corrected chi connectivity index (χ3v) is 3.53. The van der Waals surface area contributed by atoms with E-state index in [1.54, 1.807) is 0 Å². The van der Waals surface area contributed by atoms with Crippen LogP contribution in [0.2, 0.25) is 0 Å². The number of nitrogens with one attached hydrogen (secondary N) is 2. The molecule has 5 nitrogen and oxygen atoms in total. The van der Waals surface area contributed by atoms with Crippen LogP contribution in [0.4, 0.5) is 5.82 Å². The van der Waals surface area contributed by atoms with Crippen molar-refractivity contribution in [2.45, 2.75) is 44.9 Å². The van der Waals surface area contributed by atoms with Crippen LogP contribution in [0.5, 0.6) is 0 Å². The molecule has 1 aliphatic carbocycles. The van der Waals surface area contributed by atoms with E-state index >= 15 is 0 Å². The van der Waals surface area contributed by atoms with E-state index < -0.39 is 0 Å². The maximum absolute atomic E-state index is 11.6. The summed E-state index contributed by atoms with van der Waals surface area (Å²) < 4.78 is 0. The van der Waals surface area contributed by atoms with Crippen molar-refractivity contribution in [3.05, 3.63) is 22.2 Å². The molecule has 0 bridgehead atoms. The van der Waals surface area contributed by atoms with Crippen LogP contribution in [-0.4, -0.2) is 28.2 Å². The minimum Gasteiger partial charge on any atom is -0.396 e. The van der Waals surface area contributed by atoms with Crippen molar-refractivity contribution < 1.29 is 5.11 Å². The molecular weight excluding hydrogens is 242 g/mol. The number of H-pyrrole nitrogens is 1. The number of rotatable bonds is 8. The molecule has 0 amide bonds. The van der Waals surface area contributed by atoms with Crippen LogP contribution in [0.25, 0.3) is 0 Å². The van der Waals surface area contributed by atoms with Crippen molar-refractivity contribution in [3.8, 4) is 0 Å². The Morgan fingerprint density at radius 1 is 1.53 bits per heavy atom. The lowest BCUT2D eigenvalue weighted by Crippen LogP contribution is -2.19. The Kier molecular flexibility index (Phi) is 4.96. The first-order chi connectivity index (χ1) is 9.22. The molecule has 0 aromatic carbocycles. The van der Waals surface area contributed by atoms with Gasteiger partial charge in [0.15, 0.2) is 0 Å². The molecule has 1 unspecified atom stereocenters. The molecule has 0 radical (unpaired) electrons. The summed E-state index contributed by atoms with van der Waals surface area (Å²) in [5.41, 5.74) is -0.0893. The maximum Gasteiger partial charge on any atom is 0.252 e. The van der Waals surface area contributed by atoms with Crippen molar-refractivity contribution in [1.82, 2.24) is 9.97 Å². The summed E-state index contributed by atoms with van der Waals surface area (Å²) in [5.74, 6) is 2.34. The lowest BCUT2D eigenvalue weighted by atomic mass is 10.0. The van der Waals surface area contributed by atoms with Crippen LogP contribution in [0.15, 0.2) is 10.9 Å². The van der Waals surface area contributed by atoms with Gasteiger partial charge in [-0.15, -0.1) is 0 Å². The second-order valence-corrected chi connectivity index (χ2v) is 5.34. The summed E-state index contributed by atoms with van der Waals surface area (Å²) in [5, 5.41) is 12.3. The van der Waals surface area contributed by atoms with E-state index in [2.05, 4.69) is 22.2 Å². The average molecular weight is 265 g/mol. The summed E-state index contributed by atoms with van der Waals surface area (Å²) in [6.07, 6.45) is 5.21. The summed E-state index contributed by atoms with van der Waals surface area (Å²) in [6.45, 7) is 3.11. The van der Waals surface area contributed by atoms with Crippen LogP contribution in [0.3, 0.4) is 0 Å². The number of aromatic nitrogens is 2. The van der Waals surface area contributed by atoms with Crippen molar-refractivity contribution >= 4 is 5.82 Å². The van der Waals surface area contributed by atoms with Crippen molar-refractivity contribution in [1.29, 1.82) is 0 Å². The van der Waals surface area contributed by atoms with Crippen LogP contribution in [0.1, 0.15) is 50.8 Å². The number of aliphatic hydroxyl groups excluding tert-OH is 1. The summed E-state index contributed by atoms with van der Waals surface area (Å²) in [4.78, 5) is 18.8. The van der Waals surface area contributed by atoms with Gasteiger partial charge in [0.25, 0.3) is 5.56 Å². The Bertz CT molecular complexity index is 448. The first-order valence-electron chi connectivity index (χ1n) is 7.19. The second-order valence-electron chi connectivity index (χ2n) is 5.34. The normalized spacial score (nSPS) is 16.3. The zero-order chi connectivity index (χ0) is 13.7. The molecule has 3 N–H and O–H groups in total. The van der Waals surface area contributed by atoms with Crippen molar-refractivity contribution in [2.75, 3.05) is 18.5 Å². The number of anilines is 1. The molecule has 1 saturated carbocycles. The first-order valence-corrected chi connectivity index (χ1v) is 7.19. The van der Waals surface area contributed by atoms with E-state index in [9.17, 15) is 4.79 Å². The highest BCUT2D eigenvalue weighted by molar-refractivity contribution is 5.34. The zero-order valence-electron chi connectivity index (χ0n) is 11.5. The molecule has 1 heterocycles. The van der Waals surface area contributed by atoms with Gasteiger partial charge < -0.3 is 15.4 Å². The third kappa shape index (κ3) is 4.35. The number of hydrogen-bond donors (Lipinski definition) is 3. The summed E-state index contributed by atoms with van der Waals surface area (Å²) >= 11 is 0. The standard InChI is InChI=1S/C14H23N3O2/c1-2-3-10(6-7-18)9-15-12-8-13(19)17-14(16-12)11-4-5-11/h8,10-11,18H,2-7,9H2,1H3,(H2,15,16,17,19). The predicted octanol–water partition coefficient (Wildman–Crippen LogP) is 1.86. The molecule has 106 valence electrons. The SMILES string of the molecule is CCCC(CCO)CNc1cc(=O)[nH]c(C2CC2)n1. The quantitative estimate of drug-likeness (QED) is 0.670. The maximum atomic E-state index is 11.6. The van der Waals surface area contributed by atoms with E-state index in [1.807, 2.05) is 0 Å². The Labute approximate surface area is 113 Å². The van der Waals surface area contributed by atoms with Gasteiger partial charge in [-0.1, -0.05) is 13.3 Å². The fraction of sp³-hybridized carbons (Fsp3) is 0.714. The number of aliphatic hydroxyl groups is 1. The fourth-order valence-corrected chi connectivity index (χ4v) is 2.31. The van der Waals surface area contributed by atoms with Crippen LogP contribution < -0.4 is 10.9 Å². The minimum absolute atomic E-state index is 0.0893. The van der Waals surface area contributed by atoms with E-state index in [0.717, 1.165) is 44.5 Å².